The van der Waals surface area contributed by atoms with E-state index >= 15 is 0 Å². The van der Waals surface area contributed by atoms with Crippen LogP contribution in [0.2, 0.25) is 0 Å². The summed E-state index contributed by atoms with van der Waals surface area (Å²) in [5, 5.41) is 2.97. The lowest BCUT2D eigenvalue weighted by Gasteiger charge is -2.31. The topological polar surface area (TPSA) is 86.8 Å². The van der Waals surface area contributed by atoms with Crippen LogP contribution in [-0.2, 0) is 32.6 Å². The lowest BCUT2D eigenvalue weighted by Crippen LogP contribution is -2.49. The molecule has 0 bridgehead atoms. The molecule has 0 aliphatic rings. The summed E-state index contributed by atoms with van der Waals surface area (Å²) in [5.74, 6) is -0.0246. The Morgan fingerprint density at radius 2 is 1.54 bits per heavy atom. The first-order chi connectivity index (χ1) is 17.5. The Labute approximate surface area is 223 Å². The standard InChI is InChI=1S/C29H43N3O4S/c1-7-24-15-17-26(18-16-24)32(37(6,35)36)19-9-10-28(33)31(21-25-13-11-23(5)12-14-25)27(8-2)29(34)30-20-22(3)4/h11-18,22,27H,7-10,19-21H2,1-6H3,(H,30,34). The van der Waals surface area contributed by atoms with E-state index < -0.39 is 16.1 Å². The Morgan fingerprint density at radius 3 is 2.05 bits per heavy atom. The van der Waals surface area contributed by atoms with Crippen molar-refractivity contribution in [3.05, 3.63) is 65.2 Å². The molecule has 0 heterocycles. The third kappa shape index (κ3) is 9.50. The summed E-state index contributed by atoms with van der Waals surface area (Å²) in [6.45, 7) is 11.1. The number of amides is 2. The van der Waals surface area contributed by atoms with Gasteiger partial charge in [-0.25, -0.2) is 8.42 Å². The Morgan fingerprint density at radius 1 is 0.946 bits per heavy atom. The van der Waals surface area contributed by atoms with Crippen molar-refractivity contribution in [1.29, 1.82) is 0 Å². The van der Waals surface area contributed by atoms with Crippen LogP contribution in [0.25, 0.3) is 0 Å². The molecule has 2 aromatic rings. The van der Waals surface area contributed by atoms with Crippen molar-refractivity contribution in [2.75, 3.05) is 23.7 Å². The summed E-state index contributed by atoms with van der Waals surface area (Å²) >= 11 is 0. The largest absolute Gasteiger partial charge is 0.354 e. The van der Waals surface area contributed by atoms with Gasteiger partial charge in [0.15, 0.2) is 0 Å². The van der Waals surface area contributed by atoms with Crippen LogP contribution in [0.15, 0.2) is 48.5 Å². The van der Waals surface area contributed by atoms with E-state index in [1.165, 1.54) is 10.6 Å². The Kier molecular flexibility index (Phi) is 11.6. The molecular weight excluding hydrogens is 486 g/mol. The van der Waals surface area contributed by atoms with Gasteiger partial charge in [0.1, 0.15) is 6.04 Å². The van der Waals surface area contributed by atoms with Crippen LogP contribution in [0.4, 0.5) is 5.69 Å². The Hall–Kier alpha value is -2.87. The number of nitrogens with one attached hydrogen (secondary N) is 1. The Balaban J connectivity index is 2.19. The number of anilines is 1. The minimum Gasteiger partial charge on any atom is -0.354 e. The van der Waals surface area contributed by atoms with E-state index in [0.717, 1.165) is 23.1 Å². The number of aryl methyl sites for hydroxylation is 2. The van der Waals surface area contributed by atoms with Crippen molar-refractivity contribution >= 4 is 27.5 Å². The summed E-state index contributed by atoms with van der Waals surface area (Å²) in [6.07, 6.45) is 3.02. The molecule has 0 fully saturated rings. The zero-order valence-corrected chi connectivity index (χ0v) is 24.0. The monoisotopic (exact) mass is 529 g/mol. The van der Waals surface area contributed by atoms with Gasteiger partial charge in [-0.1, -0.05) is 69.7 Å². The number of hydrogen-bond donors (Lipinski definition) is 1. The number of hydrogen-bond acceptors (Lipinski definition) is 4. The van der Waals surface area contributed by atoms with Crippen LogP contribution in [0, 0.1) is 12.8 Å². The SMILES string of the molecule is CCc1ccc(N(CCCC(=O)N(Cc2ccc(C)cc2)C(CC)C(=O)NCC(C)C)S(C)(=O)=O)cc1. The second-order valence-corrected chi connectivity index (χ2v) is 11.9. The minimum absolute atomic E-state index is 0.138. The molecule has 2 aromatic carbocycles. The highest BCUT2D eigenvalue weighted by Crippen LogP contribution is 2.21. The van der Waals surface area contributed by atoms with E-state index in [1.54, 1.807) is 17.0 Å². The number of benzene rings is 2. The fourth-order valence-corrected chi connectivity index (χ4v) is 5.10. The van der Waals surface area contributed by atoms with E-state index in [9.17, 15) is 18.0 Å². The molecule has 0 spiro atoms. The average Bonchev–Trinajstić information content (AvgIpc) is 2.85. The van der Waals surface area contributed by atoms with Gasteiger partial charge in [-0.15, -0.1) is 0 Å². The van der Waals surface area contributed by atoms with Gasteiger partial charge in [0, 0.05) is 26.1 Å². The maximum atomic E-state index is 13.5. The van der Waals surface area contributed by atoms with Gasteiger partial charge in [-0.05, 0) is 55.4 Å². The first-order valence-corrected chi connectivity index (χ1v) is 15.0. The third-order valence-corrected chi connectivity index (χ3v) is 7.52. The molecule has 0 aromatic heterocycles. The number of carbonyl (C=O) groups is 2. The predicted molar refractivity (Wildman–Crippen MR) is 151 cm³/mol. The van der Waals surface area contributed by atoms with Gasteiger partial charge in [0.25, 0.3) is 0 Å². The van der Waals surface area contributed by atoms with Crippen molar-refractivity contribution in [2.24, 2.45) is 5.92 Å². The number of sulfonamides is 1. The number of carbonyl (C=O) groups excluding carboxylic acids is 2. The molecule has 2 rings (SSSR count). The fourth-order valence-electron chi connectivity index (χ4n) is 4.13. The van der Waals surface area contributed by atoms with Gasteiger partial charge in [0.05, 0.1) is 11.9 Å². The highest BCUT2D eigenvalue weighted by molar-refractivity contribution is 7.92. The minimum atomic E-state index is -3.51. The van der Waals surface area contributed by atoms with Crippen LogP contribution in [0.3, 0.4) is 0 Å². The number of nitrogens with zero attached hydrogens (tertiary/aromatic N) is 2. The van der Waals surface area contributed by atoms with Gasteiger partial charge >= 0.3 is 0 Å². The molecule has 204 valence electrons. The maximum Gasteiger partial charge on any atom is 0.242 e. The second-order valence-electron chi connectivity index (χ2n) is 10.0. The van der Waals surface area contributed by atoms with Crippen LogP contribution in [-0.4, -0.2) is 50.5 Å². The smallest absolute Gasteiger partial charge is 0.242 e. The van der Waals surface area contributed by atoms with Crippen molar-refractivity contribution in [3.8, 4) is 0 Å². The molecule has 0 radical (unpaired) electrons. The highest BCUT2D eigenvalue weighted by atomic mass is 32.2. The molecule has 1 N–H and O–H groups in total. The van der Waals surface area contributed by atoms with Gasteiger partial charge in [-0.2, -0.15) is 0 Å². The van der Waals surface area contributed by atoms with E-state index in [4.69, 9.17) is 0 Å². The molecule has 37 heavy (non-hydrogen) atoms. The molecule has 2 amide bonds. The Bertz CT molecular complexity index is 1110. The van der Waals surface area contributed by atoms with E-state index in [0.29, 0.717) is 37.5 Å². The number of rotatable bonds is 14. The van der Waals surface area contributed by atoms with E-state index in [2.05, 4.69) is 5.32 Å². The summed E-state index contributed by atoms with van der Waals surface area (Å²) in [6, 6.07) is 14.8. The summed E-state index contributed by atoms with van der Waals surface area (Å²) in [5.41, 5.74) is 3.78. The summed E-state index contributed by atoms with van der Waals surface area (Å²) in [4.78, 5) is 28.2. The molecule has 0 saturated heterocycles. The van der Waals surface area contributed by atoms with E-state index in [1.807, 2.05) is 71.0 Å². The highest BCUT2D eigenvalue weighted by Gasteiger charge is 2.29. The van der Waals surface area contributed by atoms with Crippen LogP contribution >= 0.6 is 0 Å². The second kappa shape index (κ2) is 14.2. The first kappa shape index (κ1) is 30.4. The average molecular weight is 530 g/mol. The van der Waals surface area contributed by atoms with Crippen LogP contribution in [0.1, 0.15) is 63.6 Å². The molecule has 1 unspecified atom stereocenters. The normalized spacial score (nSPS) is 12.3. The predicted octanol–water partition coefficient (Wildman–Crippen LogP) is 4.68. The third-order valence-electron chi connectivity index (χ3n) is 6.33. The van der Waals surface area contributed by atoms with Gasteiger partial charge < -0.3 is 10.2 Å². The van der Waals surface area contributed by atoms with Crippen LogP contribution in [0.5, 0.6) is 0 Å². The molecular formula is C29H43N3O4S. The molecule has 8 heteroatoms. The van der Waals surface area contributed by atoms with Crippen molar-refractivity contribution in [1.82, 2.24) is 10.2 Å². The van der Waals surface area contributed by atoms with Crippen molar-refractivity contribution < 1.29 is 18.0 Å². The first-order valence-electron chi connectivity index (χ1n) is 13.2. The van der Waals surface area contributed by atoms with Crippen molar-refractivity contribution in [3.63, 3.8) is 0 Å². The lowest BCUT2D eigenvalue weighted by molar-refractivity contribution is -0.141. The maximum absolute atomic E-state index is 13.5. The summed E-state index contributed by atoms with van der Waals surface area (Å²) in [7, 11) is -3.51. The van der Waals surface area contributed by atoms with E-state index in [-0.39, 0.29) is 24.8 Å². The molecule has 0 aliphatic carbocycles. The van der Waals surface area contributed by atoms with Gasteiger partial charge in [0.2, 0.25) is 21.8 Å². The van der Waals surface area contributed by atoms with Gasteiger partial charge in [-0.3, -0.25) is 13.9 Å². The zero-order chi connectivity index (χ0) is 27.6. The molecule has 0 saturated carbocycles. The molecule has 1 atom stereocenters. The quantitative estimate of drug-likeness (QED) is 0.385. The van der Waals surface area contributed by atoms with Crippen molar-refractivity contribution in [2.45, 2.75) is 72.9 Å². The molecule has 0 aliphatic heterocycles. The fraction of sp³-hybridized carbons (Fsp3) is 0.517. The lowest BCUT2D eigenvalue weighted by atomic mass is 10.1. The van der Waals surface area contributed by atoms with Crippen LogP contribution < -0.4 is 9.62 Å². The summed E-state index contributed by atoms with van der Waals surface area (Å²) < 4.78 is 26.4. The molecule has 7 nitrogen and oxygen atoms in total. The zero-order valence-electron chi connectivity index (χ0n) is 23.2.